The Balaban J connectivity index is 2.17. The third-order valence-electron chi connectivity index (χ3n) is 3.06. The predicted molar refractivity (Wildman–Crippen MR) is 75.0 cm³/mol. The molecule has 19 heavy (non-hydrogen) atoms. The summed E-state index contributed by atoms with van der Waals surface area (Å²) in [5.74, 6) is -0.165. The van der Waals surface area contributed by atoms with Crippen LogP contribution in [0.3, 0.4) is 0 Å². The first kappa shape index (κ1) is 13.5. The number of carbonyl (C=O) groups excluding carboxylic acids is 1. The minimum atomic E-state index is -0.165. The molecule has 1 heterocycles. The first-order valence-electron chi connectivity index (χ1n) is 6.48. The van der Waals surface area contributed by atoms with Crippen molar-refractivity contribution in [1.29, 1.82) is 0 Å². The molecule has 1 aromatic heterocycles. The van der Waals surface area contributed by atoms with E-state index in [0.29, 0.717) is 12.1 Å². The molecular weight excluding hydrogens is 240 g/mol. The smallest absolute Gasteiger partial charge is 0.270 e. The van der Waals surface area contributed by atoms with Gasteiger partial charge in [0.05, 0.1) is 0 Å². The van der Waals surface area contributed by atoms with Crippen molar-refractivity contribution in [3.8, 4) is 0 Å². The highest BCUT2D eigenvalue weighted by atomic mass is 16.3. The number of aliphatic hydroxyl groups excluding tert-OH is 1. The van der Waals surface area contributed by atoms with Crippen LogP contribution in [0.5, 0.6) is 0 Å². The maximum absolute atomic E-state index is 12.2. The van der Waals surface area contributed by atoms with Gasteiger partial charge >= 0.3 is 0 Å². The van der Waals surface area contributed by atoms with E-state index in [4.69, 9.17) is 5.11 Å². The number of carbonyl (C=O) groups is 1. The predicted octanol–water partition coefficient (Wildman–Crippen LogP) is 2.13. The van der Waals surface area contributed by atoms with E-state index in [9.17, 15) is 4.79 Å². The SMILES string of the molecule is CC(CCCO)NC(=O)c1nccc2ccccc12. The highest BCUT2D eigenvalue weighted by Crippen LogP contribution is 2.16. The lowest BCUT2D eigenvalue weighted by Gasteiger charge is -2.13. The molecule has 0 saturated carbocycles. The zero-order valence-corrected chi connectivity index (χ0v) is 11.0. The summed E-state index contributed by atoms with van der Waals surface area (Å²) in [5, 5.41) is 13.6. The molecule has 100 valence electrons. The maximum Gasteiger partial charge on any atom is 0.270 e. The fourth-order valence-electron chi connectivity index (χ4n) is 2.06. The Bertz CT molecular complexity index is 564. The number of aromatic nitrogens is 1. The zero-order chi connectivity index (χ0) is 13.7. The molecule has 2 rings (SSSR count). The molecule has 0 fully saturated rings. The van der Waals surface area contributed by atoms with Gasteiger partial charge in [-0.15, -0.1) is 0 Å². The van der Waals surface area contributed by atoms with Gasteiger partial charge in [-0.1, -0.05) is 24.3 Å². The van der Waals surface area contributed by atoms with E-state index in [1.54, 1.807) is 6.20 Å². The van der Waals surface area contributed by atoms with Crippen LogP contribution in [0.4, 0.5) is 0 Å². The van der Waals surface area contributed by atoms with Crippen molar-refractivity contribution in [3.05, 3.63) is 42.2 Å². The largest absolute Gasteiger partial charge is 0.396 e. The molecule has 1 atom stereocenters. The van der Waals surface area contributed by atoms with Crippen LogP contribution in [0.25, 0.3) is 10.8 Å². The molecule has 2 N–H and O–H groups in total. The fraction of sp³-hybridized carbons (Fsp3) is 0.333. The Morgan fingerprint density at radius 1 is 1.37 bits per heavy atom. The monoisotopic (exact) mass is 258 g/mol. The van der Waals surface area contributed by atoms with Gasteiger partial charge in [0.15, 0.2) is 0 Å². The van der Waals surface area contributed by atoms with Crippen LogP contribution in [0.15, 0.2) is 36.5 Å². The molecule has 4 heteroatoms. The standard InChI is InChI=1S/C15H18N2O2/c1-11(5-4-10-18)17-15(19)14-13-7-3-2-6-12(13)8-9-16-14/h2-3,6-9,11,18H,4-5,10H2,1H3,(H,17,19). The second-order valence-corrected chi connectivity index (χ2v) is 4.62. The number of aliphatic hydroxyl groups is 1. The summed E-state index contributed by atoms with van der Waals surface area (Å²) in [6.45, 7) is 2.07. The Morgan fingerprint density at radius 3 is 2.95 bits per heavy atom. The minimum Gasteiger partial charge on any atom is -0.396 e. The average Bonchev–Trinajstić information content (AvgIpc) is 2.44. The van der Waals surface area contributed by atoms with Crippen LogP contribution in [-0.2, 0) is 0 Å². The molecule has 1 amide bonds. The van der Waals surface area contributed by atoms with Crippen LogP contribution in [0.2, 0.25) is 0 Å². The van der Waals surface area contributed by atoms with Gasteiger partial charge in [-0.25, -0.2) is 0 Å². The van der Waals surface area contributed by atoms with E-state index in [-0.39, 0.29) is 18.6 Å². The van der Waals surface area contributed by atoms with Gasteiger partial charge in [-0.05, 0) is 31.2 Å². The summed E-state index contributed by atoms with van der Waals surface area (Å²) in [7, 11) is 0. The van der Waals surface area contributed by atoms with Gasteiger partial charge in [-0.2, -0.15) is 0 Å². The highest BCUT2D eigenvalue weighted by molar-refractivity contribution is 6.05. The van der Waals surface area contributed by atoms with Crippen LogP contribution >= 0.6 is 0 Å². The van der Waals surface area contributed by atoms with Crippen LogP contribution in [0.1, 0.15) is 30.3 Å². The summed E-state index contributed by atoms with van der Waals surface area (Å²) >= 11 is 0. The summed E-state index contributed by atoms with van der Waals surface area (Å²) in [4.78, 5) is 16.4. The fourth-order valence-corrected chi connectivity index (χ4v) is 2.06. The molecule has 0 spiro atoms. The maximum atomic E-state index is 12.2. The topological polar surface area (TPSA) is 62.2 Å². The van der Waals surface area contributed by atoms with E-state index < -0.39 is 0 Å². The molecule has 0 radical (unpaired) electrons. The summed E-state index contributed by atoms with van der Waals surface area (Å²) < 4.78 is 0. The molecule has 1 unspecified atom stereocenters. The van der Waals surface area contributed by atoms with E-state index in [1.807, 2.05) is 37.3 Å². The lowest BCUT2D eigenvalue weighted by atomic mass is 10.1. The number of benzene rings is 1. The van der Waals surface area contributed by atoms with E-state index in [0.717, 1.165) is 17.2 Å². The number of nitrogens with one attached hydrogen (secondary N) is 1. The van der Waals surface area contributed by atoms with Crippen molar-refractivity contribution in [2.45, 2.75) is 25.8 Å². The molecule has 2 aromatic rings. The quantitative estimate of drug-likeness (QED) is 0.863. The minimum absolute atomic E-state index is 0.0282. The second kappa shape index (κ2) is 6.29. The summed E-state index contributed by atoms with van der Waals surface area (Å²) in [5.41, 5.74) is 0.453. The molecule has 0 aliphatic heterocycles. The number of hydrogen-bond donors (Lipinski definition) is 2. The molecule has 0 saturated heterocycles. The number of rotatable bonds is 5. The zero-order valence-electron chi connectivity index (χ0n) is 11.0. The Hall–Kier alpha value is -1.94. The van der Waals surface area contributed by atoms with Gasteiger partial charge in [0, 0.05) is 24.2 Å². The average molecular weight is 258 g/mol. The van der Waals surface area contributed by atoms with Crippen molar-refractivity contribution in [2.75, 3.05) is 6.61 Å². The van der Waals surface area contributed by atoms with Crippen molar-refractivity contribution >= 4 is 16.7 Å². The molecule has 0 aliphatic rings. The Morgan fingerprint density at radius 2 is 2.16 bits per heavy atom. The number of hydrogen-bond acceptors (Lipinski definition) is 3. The lowest BCUT2D eigenvalue weighted by molar-refractivity contribution is 0.0933. The van der Waals surface area contributed by atoms with Crippen molar-refractivity contribution in [2.24, 2.45) is 0 Å². The van der Waals surface area contributed by atoms with Crippen LogP contribution < -0.4 is 5.32 Å². The van der Waals surface area contributed by atoms with Gasteiger partial charge in [0.2, 0.25) is 0 Å². The van der Waals surface area contributed by atoms with Gasteiger partial charge in [-0.3, -0.25) is 9.78 Å². The lowest BCUT2D eigenvalue weighted by Crippen LogP contribution is -2.33. The molecular formula is C15H18N2O2. The van der Waals surface area contributed by atoms with Gasteiger partial charge in [0.25, 0.3) is 5.91 Å². The number of pyridine rings is 1. The molecule has 1 aromatic carbocycles. The van der Waals surface area contributed by atoms with Crippen molar-refractivity contribution in [1.82, 2.24) is 10.3 Å². The Kier molecular flexibility index (Phi) is 4.47. The Labute approximate surface area is 112 Å². The first-order valence-corrected chi connectivity index (χ1v) is 6.48. The second-order valence-electron chi connectivity index (χ2n) is 4.62. The van der Waals surface area contributed by atoms with Gasteiger partial charge in [0.1, 0.15) is 5.69 Å². The number of nitrogens with zero attached hydrogens (tertiary/aromatic N) is 1. The van der Waals surface area contributed by atoms with E-state index in [2.05, 4.69) is 10.3 Å². The molecule has 0 aliphatic carbocycles. The number of amides is 1. The summed E-state index contributed by atoms with van der Waals surface area (Å²) in [6, 6.07) is 9.62. The van der Waals surface area contributed by atoms with Crippen molar-refractivity contribution in [3.63, 3.8) is 0 Å². The number of fused-ring (bicyclic) bond motifs is 1. The van der Waals surface area contributed by atoms with Crippen molar-refractivity contribution < 1.29 is 9.90 Å². The molecule has 0 bridgehead atoms. The molecule has 4 nitrogen and oxygen atoms in total. The highest BCUT2D eigenvalue weighted by Gasteiger charge is 2.13. The summed E-state index contributed by atoms with van der Waals surface area (Å²) in [6.07, 6.45) is 3.09. The third kappa shape index (κ3) is 3.29. The normalized spacial score (nSPS) is 12.3. The first-order chi connectivity index (χ1) is 9.22. The van der Waals surface area contributed by atoms with Gasteiger partial charge < -0.3 is 10.4 Å². The van der Waals surface area contributed by atoms with E-state index >= 15 is 0 Å². The third-order valence-corrected chi connectivity index (χ3v) is 3.06. The van der Waals surface area contributed by atoms with Crippen LogP contribution in [-0.4, -0.2) is 28.6 Å². The van der Waals surface area contributed by atoms with Crippen LogP contribution in [0, 0.1) is 0 Å². The van der Waals surface area contributed by atoms with E-state index in [1.165, 1.54) is 0 Å².